The number of rotatable bonds is 13. The summed E-state index contributed by atoms with van der Waals surface area (Å²) in [6.07, 6.45) is 0. The maximum absolute atomic E-state index is 14.7. The van der Waals surface area contributed by atoms with E-state index in [2.05, 4.69) is 10.1 Å². The lowest BCUT2D eigenvalue weighted by Crippen LogP contribution is -2.44. The number of nitrogens with one attached hydrogen (secondary N) is 1. The van der Waals surface area contributed by atoms with Crippen LogP contribution in [0.4, 0.5) is 5.82 Å². The third kappa shape index (κ3) is 7.93. The first-order valence-corrected chi connectivity index (χ1v) is 17.4. The summed E-state index contributed by atoms with van der Waals surface area (Å²) in [5.41, 5.74) is 7.67. The van der Waals surface area contributed by atoms with Gasteiger partial charge in [0.1, 0.15) is 35.3 Å². The first kappa shape index (κ1) is 34.3. The maximum Gasteiger partial charge on any atom is 0.459 e. The van der Waals surface area contributed by atoms with Crippen LogP contribution in [-0.2, 0) is 30.0 Å². The fourth-order valence-electron chi connectivity index (χ4n) is 5.38. The summed E-state index contributed by atoms with van der Waals surface area (Å²) >= 11 is 0. The summed E-state index contributed by atoms with van der Waals surface area (Å²) in [5.74, 6) is 0.397. The lowest BCUT2D eigenvalue weighted by atomic mass is 10.1. The van der Waals surface area contributed by atoms with Gasteiger partial charge in [-0.3, -0.25) is 9.32 Å². The number of hydrogen-bond acceptors (Lipinski definition) is 9. The molecule has 0 aliphatic rings. The number of hydrogen-bond donors (Lipinski definition) is 2. The smallest absolute Gasteiger partial charge is 0.459 e. The van der Waals surface area contributed by atoms with Crippen molar-refractivity contribution in [3.05, 3.63) is 72.6 Å². The first-order chi connectivity index (χ1) is 22.3. The number of para-hydroxylation sites is 1. The Kier molecular flexibility index (Phi) is 10.2. The van der Waals surface area contributed by atoms with Crippen LogP contribution in [-0.4, -0.2) is 45.4 Å². The molecule has 250 valence electrons. The lowest BCUT2D eigenvalue weighted by molar-refractivity contribution is -0.158. The van der Waals surface area contributed by atoms with Gasteiger partial charge in [-0.05, 0) is 69.5 Å². The van der Waals surface area contributed by atoms with Gasteiger partial charge < -0.3 is 24.3 Å². The fourth-order valence-corrected chi connectivity index (χ4v) is 7.11. The van der Waals surface area contributed by atoms with E-state index in [-0.39, 0.29) is 19.1 Å². The van der Waals surface area contributed by atoms with Crippen molar-refractivity contribution in [2.45, 2.75) is 72.8 Å². The molecule has 3 N–H and O–H groups in total. The summed E-state index contributed by atoms with van der Waals surface area (Å²) in [5, 5.41) is 5.69. The Bertz CT molecular complexity index is 1940. The molecular weight excluding hydrogens is 617 g/mol. The van der Waals surface area contributed by atoms with Crippen LogP contribution < -0.4 is 15.3 Å². The third-order valence-electron chi connectivity index (χ3n) is 7.56. The van der Waals surface area contributed by atoms with E-state index in [1.54, 1.807) is 32.9 Å². The number of nitrogens with two attached hydrogens (primary N) is 1. The normalized spacial score (nSPS) is 14.8. The lowest BCUT2D eigenvalue weighted by Gasteiger charge is -2.30. The summed E-state index contributed by atoms with van der Waals surface area (Å²) in [6.45, 7) is 13.5. The molecule has 3 atom stereocenters. The Morgan fingerprint density at radius 1 is 1.00 bits per heavy atom. The van der Waals surface area contributed by atoms with Gasteiger partial charge in [-0.15, -0.1) is 0 Å². The van der Waals surface area contributed by atoms with Crippen LogP contribution in [0.15, 0.2) is 66.7 Å². The fraction of sp³-hybridized carbons (Fsp3) is 0.400. The van der Waals surface area contributed by atoms with Crippen molar-refractivity contribution < 1.29 is 27.9 Å². The summed E-state index contributed by atoms with van der Waals surface area (Å²) in [4.78, 5) is 22.7. The highest BCUT2D eigenvalue weighted by Gasteiger charge is 2.38. The Hall–Kier alpha value is -4.02. The number of esters is 1. The van der Waals surface area contributed by atoms with Crippen LogP contribution in [0.3, 0.4) is 0 Å². The molecule has 0 bridgehead atoms. The SMILES string of the molecule is CCOCc1nc2c(N)nc3ccccc3c2n1[C@@H](C)CO[P@@](=O)(N[C@H](C(=O)OC(C)(C)C)C(C)C)Oc1ccc2ccccc2c1. The minimum absolute atomic E-state index is 0.0713. The van der Waals surface area contributed by atoms with E-state index in [9.17, 15) is 9.36 Å². The van der Waals surface area contributed by atoms with E-state index >= 15 is 0 Å². The molecule has 2 aromatic heterocycles. The number of carbonyl (C=O) groups excluding carboxylic acids is 1. The molecule has 2 heterocycles. The van der Waals surface area contributed by atoms with Crippen LogP contribution in [0.1, 0.15) is 60.3 Å². The molecule has 47 heavy (non-hydrogen) atoms. The number of pyridine rings is 1. The number of benzene rings is 3. The molecule has 0 radical (unpaired) electrons. The molecule has 0 amide bonds. The van der Waals surface area contributed by atoms with Gasteiger partial charge >= 0.3 is 13.7 Å². The van der Waals surface area contributed by atoms with Crippen molar-refractivity contribution in [2.75, 3.05) is 18.9 Å². The zero-order chi connectivity index (χ0) is 33.9. The number of nitrogens with zero attached hydrogens (tertiary/aromatic N) is 3. The van der Waals surface area contributed by atoms with Gasteiger partial charge in [-0.1, -0.05) is 62.4 Å². The van der Waals surface area contributed by atoms with E-state index in [0.717, 1.165) is 27.2 Å². The molecule has 0 spiro atoms. The molecule has 5 aromatic rings. The number of anilines is 1. The second-order valence-corrected chi connectivity index (χ2v) is 14.6. The minimum atomic E-state index is -4.21. The summed E-state index contributed by atoms with van der Waals surface area (Å²) in [6, 6.07) is 19.5. The van der Waals surface area contributed by atoms with E-state index in [0.29, 0.717) is 29.5 Å². The van der Waals surface area contributed by atoms with Crippen LogP contribution in [0.25, 0.3) is 32.7 Å². The molecule has 0 fully saturated rings. The summed E-state index contributed by atoms with van der Waals surface area (Å²) in [7, 11) is -4.21. The standard InChI is InChI=1S/C35H44N5O6P/c1-8-43-21-29-38-31-32(27-15-11-12-16-28(27)37-33(31)36)40(29)23(4)20-44-47(42,39-30(22(2)3)34(41)45-35(5,6)7)46-26-18-17-24-13-9-10-14-25(24)19-26/h9-19,22-23,30H,8,20-21H2,1-7H3,(H2,36,37)(H,39,42)/t23-,30-,47-/m0/s1. The number of nitrogen functional groups attached to an aromatic ring is 1. The predicted molar refractivity (Wildman–Crippen MR) is 185 cm³/mol. The second kappa shape index (κ2) is 14.0. The van der Waals surface area contributed by atoms with Crippen molar-refractivity contribution >= 4 is 52.2 Å². The second-order valence-electron chi connectivity index (χ2n) is 12.9. The van der Waals surface area contributed by atoms with Gasteiger partial charge in [-0.25, -0.2) is 14.5 Å². The van der Waals surface area contributed by atoms with Gasteiger partial charge in [0.15, 0.2) is 5.82 Å². The van der Waals surface area contributed by atoms with Gasteiger partial charge in [0.2, 0.25) is 0 Å². The Balaban J connectivity index is 1.53. The van der Waals surface area contributed by atoms with E-state index in [1.165, 1.54) is 0 Å². The van der Waals surface area contributed by atoms with Gasteiger partial charge in [0.25, 0.3) is 0 Å². The highest BCUT2D eigenvalue weighted by atomic mass is 31.2. The van der Waals surface area contributed by atoms with Crippen molar-refractivity contribution in [3.8, 4) is 5.75 Å². The van der Waals surface area contributed by atoms with Crippen molar-refractivity contribution in [1.82, 2.24) is 19.6 Å². The monoisotopic (exact) mass is 661 g/mol. The average molecular weight is 662 g/mol. The zero-order valence-electron chi connectivity index (χ0n) is 28.0. The van der Waals surface area contributed by atoms with Gasteiger partial charge in [-0.2, -0.15) is 5.09 Å². The number of fused-ring (bicyclic) bond motifs is 4. The maximum atomic E-state index is 14.7. The summed E-state index contributed by atoms with van der Waals surface area (Å²) < 4.78 is 40.5. The van der Waals surface area contributed by atoms with Gasteiger partial charge in [0.05, 0.1) is 23.7 Å². The molecule has 5 rings (SSSR count). The topological polar surface area (TPSA) is 140 Å². The largest absolute Gasteiger partial charge is 0.459 e. The van der Waals surface area contributed by atoms with E-state index in [1.807, 2.05) is 86.9 Å². The Morgan fingerprint density at radius 2 is 1.70 bits per heavy atom. The van der Waals surface area contributed by atoms with Gasteiger partial charge in [0, 0.05) is 12.0 Å². The Labute approximate surface area is 275 Å². The molecule has 0 unspecified atom stereocenters. The molecule has 11 nitrogen and oxygen atoms in total. The molecule has 0 saturated carbocycles. The van der Waals surface area contributed by atoms with Crippen LogP contribution in [0.2, 0.25) is 0 Å². The van der Waals surface area contributed by atoms with Crippen molar-refractivity contribution in [1.29, 1.82) is 0 Å². The third-order valence-corrected chi connectivity index (χ3v) is 9.09. The molecule has 0 aliphatic carbocycles. The van der Waals surface area contributed by atoms with Crippen LogP contribution in [0.5, 0.6) is 5.75 Å². The molecule has 3 aromatic carbocycles. The number of imidazole rings is 1. The quantitative estimate of drug-likeness (QED) is 0.0959. The van der Waals surface area contributed by atoms with E-state index in [4.69, 9.17) is 29.2 Å². The number of aromatic nitrogens is 3. The predicted octanol–water partition coefficient (Wildman–Crippen LogP) is 7.58. The highest BCUT2D eigenvalue weighted by molar-refractivity contribution is 7.52. The zero-order valence-corrected chi connectivity index (χ0v) is 28.9. The van der Waals surface area contributed by atoms with Crippen LogP contribution in [0, 0.1) is 5.92 Å². The van der Waals surface area contributed by atoms with Crippen LogP contribution >= 0.6 is 7.75 Å². The molecular formula is C35H44N5O6P. The average Bonchev–Trinajstić information content (AvgIpc) is 3.41. The molecule has 0 aliphatic heterocycles. The first-order valence-electron chi connectivity index (χ1n) is 15.8. The van der Waals surface area contributed by atoms with Crippen molar-refractivity contribution in [2.24, 2.45) is 5.92 Å². The molecule has 12 heteroatoms. The molecule has 0 saturated heterocycles. The van der Waals surface area contributed by atoms with Crippen molar-refractivity contribution in [3.63, 3.8) is 0 Å². The number of ether oxygens (including phenoxy) is 2. The Morgan fingerprint density at radius 3 is 2.40 bits per heavy atom. The number of carbonyl (C=O) groups is 1. The minimum Gasteiger partial charge on any atom is -0.459 e. The van der Waals surface area contributed by atoms with E-state index < -0.39 is 31.4 Å². The highest BCUT2D eigenvalue weighted by Crippen LogP contribution is 2.47.